The Labute approximate surface area is 127 Å². The van der Waals surface area contributed by atoms with Crippen molar-refractivity contribution in [2.75, 3.05) is 31.0 Å². The van der Waals surface area contributed by atoms with Crippen LogP contribution in [0.2, 0.25) is 0 Å². The monoisotopic (exact) mass is 333 g/mol. The number of rotatable bonds is 4. The lowest BCUT2D eigenvalue weighted by Gasteiger charge is -2.25. The molecule has 9 heteroatoms. The van der Waals surface area contributed by atoms with Crippen LogP contribution in [0.5, 0.6) is 0 Å². The topological polar surface area (TPSA) is 69.7 Å². The van der Waals surface area contributed by atoms with E-state index in [2.05, 4.69) is 5.32 Å². The number of carbonyl (C=O) groups is 1. The molecule has 6 nitrogen and oxygen atoms in total. The first-order chi connectivity index (χ1) is 9.82. The van der Waals surface area contributed by atoms with Gasteiger partial charge in [0.25, 0.3) is 10.2 Å². The number of nitrogens with one attached hydrogen (secondary N) is 1. The minimum Gasteiger partial charge on any atom is -0.325 e. The van der Waals surface area contributed by atoms with E-state index in [-0.39, 0.29) is 5.88 Å². The summed E-state index contributed by atoms with van der Waals surface area (Å²) >= 11 is 1.36. The van der Waals surface area contributed by atoms with E-state index >= 15 is 0 Å². The van der Waals surface area contributed by atoms with Crippen LogP contribution >= 0.6 is 11.8 Å². The zero-order chi connectivity index (χ0) is 15.6. The molecule has 2 rings (SSSR count). The number of thioether (sulfide) groups is 1. The van der Waals surface area contributed by atoms with Gasteiger partial charge in [0, 0.05) is 25.5 Å². The van der Waals surface area contributed by atoms with Gasteiger partial charge in [-0.1, -0.05) is 6.07 Å². The molecule has 1 saturated heterocycles. The van der Waals surface area contributed by atoms with Gasteiger partial charge < -0.3 is 5.32 Å². The molecule has 1 aliphatic heterocycles. The third-order valence-corrected chi connectivity index (χ3v) is 6.07. The summed E-state index contributed by atoms with van der Waals surface area (Å²) in [5.41, 5.74) is 0.305. The maximum atomic E-state index is 13.1. The van der Waals surface area contributed by atoms with Crippen molar-refractivity contribution in [1.82, 2.24) is 8.61 Å². The molecule has 0 spiro atoms. The number of carbonyl (C=O) groups excluding carboxylic acids is 1. The summed E-state index contributed by atoms with van der Waals surface area (Å²) in [5, 5.41) is 2.55. The highest BCUT2D eigenvalue weighted by Crippen LogP contribution is 2.26. The second-order valence-corrected chi connectivity index (χ2v) is 7.79. The van der Waals surface area contributed by atoms with E-state index in [9.17, 15) is 17.6 Å². The molecule has 0 saturated carbocycles. The molecular weight excluding hydrogens is 317 g/mol. The SMILES string of the molecule is CN(C)S(=O)(=O)N1CSC[C@H]1C(=O)Nc1cccc(F)c1. The van der Waals surface area contributed by atoms with Crippen molar-refractivity contribution < 1.29 is 17.6 Å². The molecule has 0 aromatic heterocycles. The summed E-state index contributed by atoms with van der Waals surface area (Å²) in [7, 11) is -0.827. The second kappa shape index (κ2) is 6.30. The van der Waals surface area contributed by atoms with Gasteiger partial charge in [-0.05, 0) is 18.2 Å². The smallest absolute Gasteiger partial charge is 0.282 e. The fraction of sp³-hybridized carbons (Fsp3) is 0.417. The van der Waals surface area contributed by atoms with Crippen molar-refractivity contribution in [2.45, 2.75) is 6.04 Å². The van der Waals surface area contributed by atoms with E-state index in [1.54, 1.807) is 6.07 Å². The number of hydrogen-bond acceptors (Lipinski definition) is 4. The van der Waals surface area contributed by atoms with Gasteiger partial charge >= 0.3 is 0 Å². The Balaban J connectivity index is 2.15. The summed E-state index contributed by atoms with van der Waals surface area (Å²) in [6.07, 6.45) is 0. The van der Waals surface area contributed by atoms with Crippen LogP contribution in [0.1, 0.15) is 0 Å². The van der Waals surface area contributed by atoms with Crippen LogP contribution in [0.4, 0.5) is 10.1 Å². The normalized spacial score (nSPS) is 19.9. The Morgan fingerprint density at radius 1 is 1.48 bits per heavy atom. The number of anilines is 1. The van der Waals surface area contributed by atoms with E-state index in [1.807, 2.05) is 0 Å². The number of benzene rings is 1. The molecule has 1 N–H and O–H groups in total. The molecule has 0 bridgehead atoms. The average molecular weight is 333 g/mol. The van der Waals surface area contributed by atoms with Gasteiger partial charge in [0.15, 0.2) is 0 Å². The van der Waals surface area contributed by atoms with Crippen LogP contribution in [0.15, 0.2) is 24.3 Å². The first kappa shape index (κ1) is 16.2. The van der Waals surface area contributed by atoms with Crippen LogP contribution in [-0.4, -0.2) is 54.7 Å². The van der Waals surface area contributed by atoms with E-state index in [1.165, 1.54) is 44.1 Å². The zero-order valence-electron chi connectivity index (χ0n) is 11.6. The summed E-state index contributed by atoms with van der Waals surface area (Å²) in [4.78, 5) is 12.2. The van der Waals surface area contributed by atoms with Gasteiger partial charge in [0.05, 0.1) is 5.88 Å². The van der Waals surface area contributed by atoms with Gasteiger partial charge in [0.1, 0.15) is 11.9 Å². The van der Waals surface area contributed by atoms with Crippen molar-refractivity contribution in [2.24, 2.45) is 0 Å². The van der Waals surface area contributed by atoms with Gasteiger partial charge in [-0.3, -0.25) is 4.79 Å². The lowest BCUT2D eigenvalue weighted by atomic mass is 10.2. The van der Waals surface area contributed by atoms with Crippen molar-refractivity contribution in [1.29, 1.82) is 0 Å². The van der Waals surface area contributed by atoms with E-state index in [4.69, 9.17) is 0 Å². The molecule has 0 radical (unpaired) electrons. The minimum atomic E-state index is -3.66. The molecule has 0 unspecified atom stereocenters. The molecule has 21 heavy (non-hydrogen) atoms. The fourth-order valence-corrected chi connectivity index (χ4v) is 4.64. The zero-order valence-corrected chi connectivity index (χ0v) is 13.2. The molecule has 1 fully saturated rings. The average Bonchev–Trinajstić information content (AvgIpc) is 2.88. The van der Waals surface area contributed by atoms with Gasteiger partial charge in [-0.25, -0.2) is 4.39 Å². The summed E-state index contributed by atoms with van der Waals surface area (Å²) in [5.74, 6) is -0.335. The maximum absolute atomic E-state index is 13.1. The standard InChI is InChI=1S/C12H16FN3O3S2/c1-15(2)21(18,19)16-8-20-7-11(16)12(17)14-10-5-3-4-9(13)6-10/h3-6,11H,7-8H2,1-2H3,(H,14,17)/t11-/m0/s1. The second-order valence-electron chi connectivity index (χ2n) is 4.69. The third-order valence-electron chi connectivity index (χ3n) is 2.99. The van der Waals surface area contributed by atoms with Crippen LogP contribution in [0.3, 0.4) is 0 Å². The highest BCUT2D eigenvalue weighted by molar-refractivity contribution is 8.00. The van der Waals surface area contributed by atoms with Crippen LogP contribution in [0, 0.1) is 5.82 Å². The highest BCUT2D eigenvalue weighted by Gasteiger charge is 2.40. The fourth-order valence-electron chi connectivity index (χ4n) is 1.86. The first-order valence-corrected chi connectivity index (χ1v) is 8.71. The molecule has 1 atom stereocenters. The van der Waals surface area contributed by atoms with E-state index < -0.39 is 28.0 Å². The highest BCUT2D eigenvalue weighted by atomic mass is 32.2. The largest absolute Gasteiger partial charge is 0.325 e. The summed E-state index contributed by atoms with van der Waals surface area (Å²) in [6, 6.07) is 4.68. The minimum absolute atomic E-state index is 0.224. The predicted octanol–water partition coefficient (Wildman–Crippen LogP) is 0.945. The Morgan fingerprint density at radius 3 is 2.81 bits per heavy atom. The molecule has 0 aliphatic carbocycles. The van der Waals surface area contributed by atoms with Crippen LogP contribution in [-0.2, 0) is 15.0 Å². The lowest BCUT2D eigenvalue weighted by Crippen LogP contribution is -2.48. The molecule has 1 aromatic rings. The van der Waals surface area contributed by atoms with Crippen LogP contribution < -0.4 is 5.32 Å². The number of hydrogen-bond donors (Lipinski definition) is 1. The number of amides is 1. The van der Waals surface area contributed by atoms with Crippen molar-refractivity contribution in [3.63, 3.8) is 0 Å². The van der Waals surface area contributed by atoms with Gasteiger partial charge in [-0.15, -0.1) is 11.8 Å². The van der Waals surface area contributed by atoms with Crippen molar-refractivity contribution in [3.05, 3.63) is 30.1 Å². The van der Waals surface area contributed by atoms with Crippen LogP contribution in [0.25, 0.3) is 0 Å². The number of halogens is 1. The molecule has 1 aliphatic rings. The Hall–Kier alpha value is -1.16. The molecule has 1 aromatic carbocycles. The molecule has 1 amide bonds. The summed E-state index contributed by atoms with van der Waals surface area (Å²) < 4.78 is 39.6. The summed E-state index contributed by atoms with van der Waals surface area (Å²) in [6.45, 7) is 0. The van der Waals surface area contributed by atoms with E-state index in [0.717, 1.165) is 8.61 Å². The quantitative estimate of drug-likeness (QED) is 0.890. The predicted molar refractivity (Wildman–Crippen MR) is 80.6 cm³/mol. The Morgan fingerprint density at radius 2 is 2.19 bits per heavy atom. The molecular formula is C12H16FN3O3S2. The van der Waals surface area contributed by atoms with E-state index in [0.29, 0.717) is 11.4 Å². The Bertz CT molecular complexity index is 636. The number of nitrogens with zero attached hydrogens (tertiary/aromatic N) is 2. The van der Waals surface area contributed by atoms with Crippen molar-refractivity contribution in [3.8, 4) is 0 Å². The Kier molecular flexibility index (Phi) is 4.87. The van der Waals surface area contributed by atoms with Crippen molar-refractivity contribution >= 4 is 33.6 Å². The first-order valence-electron chi connectivity index (χ1n) is 6.16. The maximum Gasteiger partial charge on any atom is 0.282 e. The molecule has 1 heterocycles. The van der Waals surface area contributed by atoms with Gasteiger partial charge in [0.2, 0.25) is 5.91 Å². The molecule has 116 valence electrons. The lowest BCUT2D eigenvalue weighted by molar-refractivity contribution is -0.118. The van der Waals surface area contributed by atoms with Gasteiger partial charge in [-0.2, -0.15) is 17.0 Å². The third kappa shape index (κ3) is 3.54.